The second-order valence-corrected chi connectivity index (χ2v) is 3.75. The third kappa shape index (κ3) is 2.82. The molecule has 4 nitrogen and oxygen atoms in total. The zero-order valence-electron chi connectivity index (χ0n) is 9.44. The number of halogens is 1. The molecule has 0 saturated heterocycles. The van der Waals surface area contributed by atoms with Gasteiger partial charge in [-0.15, -0.1) is 0 Å². The molecule has 1 aromatic carbocycles. The van der Waals surface area contributed by atoms with Crippen molar-refractivity contribution in [2.45, 2.75) is 6.54 Å². The van der Waals surface area contributed by atoms with Crippen molar-refractivity contribution in [3.8, 4) is 0 Å². The zero-order valence-corrected chi connectivity index (χ0v) is 9.44. The number of carbonyl (C=O) groups is 2. The minimum absolute atomic E-state index is 0.300. The molecule has 0 aliphatic carbocycles. The van der Waals surface area contributed by atoms with Gasteiger partial charge in [0, 0.05) is 6.54 Å². The summed E-state index contributed by atoms with van der Waals surface area (Å²) >= 11 is 0. The molecule has 0 aliphatic heterocycles. The number of amides is 1. The van der Waals surface area contributed by atoms with Crippen LogP contribution in [0.3, 0.4) is 0 Å². The van der Waals surface area contributed by atoms with Gasteiger partial charge in [-0.2, -0.15) is 0 Å². The van der Waals surface area contributed by atoms with Crippen molar-refractivity contribution in [1.82, 2.24) is 10.3 Å². The Morgan fingerprint density at radius 2 is 1.94 bits per heavy atom. The maximum absolute atomic E-state index is 12.7. The molecule has 92 valence electrons. The average molecular weight is 246 g/mol. The first-order valence-electron chi connectivity index (χ1n) is 5.36. The van der Waals surface area contributed by atoms with Crippen LogP contribution in [0.25, 0.3) is 0 Å². The fourth-order valence-corrected chi connectivity index (χ4v) is 1.49. The molecule has 2 rings (SSSR count). The molecular weight excluding hydrogens is 235 g/mol. The first kappa shape index (κ1) is 12.0. The number of rotatable bonds is 4. The van der Waals surface area contributed by atoms with Crippen LogP contribution in [0.1, 0.15) is 26.5 Å². The number of hydrogen-bond acceptors (Lipinski definition) is 2. The smallest absolute Gasteiger partial charge is 0.267 e. The Balaban J connectivity index is 1.95. The first-order chi connectivity index (χ1) is 8.69. The Kier molecular flexibility index (Phi) is 3.52. The van der Waals surface area contributed by atoms with E-state index >= 15 is 0 Å². The third-order valence-electron chi connectivity index (χ3n) is 2.45. The SMILES string of the molecule is O=Cc1ccc(C(=O)NCc2ccc(F)cc2)[nH]1. The van der Waals surface area contributed by atoms with Crippen molar-refractivity contribution in [3.63, 3.8) is 0 Å². The molecule has 2 aromatic rings. The number of hydrogen-bond donors (Lipinski definition) is 2. The van der Waals surface area contributed by atoms with Gasteiger partial charge < -0.3 is 10.3 Å². The number of aromatic amines is 1. The lowest BCUT2D eigenvalue weighted by atomic mass is 10.2. The molecule has 0 saturated carbocycles. The number of aromatic nitrogens is 1. The van der Waals surface area contributed by atoms with Gasteiger partial charge in [-0.3, -0.25) is 9.59 Å². The summed E-state index contributed by atoms with van der Waals surface area (Å²) in [5.74, 6) is -0.627. The third-order valence-corrected chi connectivity index (χ3v) is 2.45. The number of aldehydes is 1. The quantitative estimate of drug-likeness (QED) is 0.809. The van der Waals surface area contributed by atoms with E-state index < -0.39 is 0 Å². The Hall–Kier alpha value is -2.43. The summed E-state index contributed by atoms with van der Waals surface area (Å²) in [6, 6.07) is 8.92. The second-order valence-electron chi connectivity index (χ2n) is 3.75. The standard InChI is InChI=1S/C13H11FN2O2/c14-10-3-1-9(2-4-10)7-15-13(18)12-6-5-11(8-17)16-12/h1-6,8,16H,7H2,(H,15,18). The van der Waals surface area contributed by atoms with Gasteiger partial charge in [0.1, 0.15) is 11.5 Å². The number of benzene rings is 1. The Bertz CT molecular complexity index is 561. The average Bonchev–Trinajstić information content (AvgIpc) is 2.86. The molecule has 1 heterocycles. The van der Waals surface area contributed by atoms with E-state index in [2.05, 4.69) is 10.3 Å². The summed E-state index contributed by atoms with van der Waals surface area (Å²) in [7, 11) is 0. The van der Waals surface area contributed by atoms with Gasteiger partial charge in [0.15, 0.2) is 6.29 Å². The van der Waals surface area contributed by atoms with E-state index in [9.17, 15) is 14.0 Å². The molecule has 5 heteroatoms. The van der Waals surface area contributed by atoms with Gasteiger partial charge in [-0.25, -0.2) is 4.39 Å². The van der Waals surface area contributed by atoms with E-state index in [0.717, 1.165) is 5.56 Å². The van der Waals surface area contributed by atoms with Crippen LogP contribution >= 0.6 is 0 Å². The van der Waals surface area contributed by atoms with Gasteiger partial charge in [0.2, 0.25) is 0 Å². The molecule has 0 bridgehead atoms. The molecule has 0 fully saturated rings. The van der Waals surface area contributed by atoms with E-state index in [1.54, 1.807) is 12.1 Å². The van der Waals surface area contributed by atoms with Crippen molar-refractivity contribution in [2.75, 3.05) is 0 Å². The Morgan fingerprint density at radius 1 is 1.22 bits per heavy atom. The highest BCUT2D eigenvalue weighted by Crippen LogP contribution is 2.03. The lowest BCUT2D eigenvalue weighted by Gasteiger charge is -2.03. The summed E-state index contributed by atoms with van der Waals surface area (Å²) in [4.78, 5) is 24.8. The zero-order chi connectivity index (χ0) is 13.0. The van der Waals surface area contributed by atoms with E-state index in [-0.39, 0.29) is 11.7 Å². The van der Waals surface area contributed by atoms with Gasteiger partial charge in [-0.05, 0) is 29.8 Å². The Labute approximate surface area is 103 Å². The van der Waals surface area contributed by atoms with Gasteiger partial charge >= 0.3 is 0 Å². The summed E-state index contributed by atoms with van der Waals surface area (Å²) in [6.07, 6.45) is 0.636. The molecule has 0 unspecified atom stereocenters. The Morgan fingerprint density at radius 3 is 2.56 bits per heavy atom. The highest BCUT2D eigenvalue weighted by Gasteiger charge is 2.07. The maximum atomic E-state index is 12.7. The lowest BCUT2D eigenvalue weighted by molar-refractivity contribution is 0.0946. The normalized spacial score (nSPS) is 10.1. The summed E-state index contributed by atoms with van der Waals surface area (Å²) in [6.45, 7) is 0.300. The van der Waals surface area contributed by atoms with Crippen molar-refractivity contribution in [1.29, 1.82) is 0 Å². The molecule has 0 radical (unpaired) electrons. The van der Waals surface area contributed by atoms with Crippen LogP contribution in [0.5, 0.6) is 0 Å². The second kappa shape index (κ2) is 5.27. The minimum Gasteiger partial charge on any atom is -0.348 e. The molecule has 18 heavy (non-hydrogen) atoms. The monoisotopic (exact) mass is 246 g/mol. The molecule has 1 amide bonds. The molecule has 0 aliphatic rings. The summed E-state index contributed by atoms with van der Waals surface area (Å²) in [5, 5.41) is 2.66. The highest BCUT2D eigenvalue weighted by atomic mass is 19.1. The maximum Gasteiger partial charge on any atom is 0.267 e. The number of nitrogens with one attached hydrogen (secondary N) is 2. The molecule has 1 aromatic heterocycles. The summed E-state index contributed by atoms with van der Waals surface area (Å²) < 4.78 is 12.7. The first-order valence-corrected chi connectivity index (χ1v) is 5.36. The molecule has 2 N–H and O–H groups in total. The van der Waals surface area contributed by atoms with Crippen LogP contribution in [0.4, 0.5) is 4.39 Å². The van der Waals surface area contributed by atoms with E-state index in [1.807, 2.05) is 0 Å². The predicted molar refractivity (Wildman–Crippen MR) is 63.8 cm³/mol. The van der Waals surface area contributed by atoms with E-state index in [0.29, 0.717) is 24.2 Å². The van der Waals surface area contributed by atoms with Gasteiger partial charge in [0.05, 0.1) is 5.69 Å². The molecule has 0 spiro atoms. The predicted octanol–water partition coefficient (Wildman–Crippen LogP) is 1.90. The van der Waals surface area contributed by atoms with Crippen LogP contribution in [0, 0.1) is 5.82 Å². The van der Waals surface area contributed by atoms with Gasteiger partial charge in [0.25, 0.3) is 5.91 Å². The largest absolute Gasteiger partial charge is 0.348 e. The van der Waals surface area contributed by atoms with Crippen LogP contribution in [-0.4, -0.2) is 17.2 Å². The van der Waals surface area contributed by atoms with Crippen LogP contribution in [-0.2, 0) is 6.54 Å². The molecule has 0 atom stereocenters. The van der Waals surface area contributed by atoms with Crippen LogP contribution < -0.4 is 5.32 Å². The fourth-order valence-electron chi connectivity index (χ4n) is 1.49. The van der Waals surface area contributed by atoms with Crippen molar-refractivity contribution >= 4 is 12.2 Å². The van der Waals surface area contributed by atoms with Crippen LogP contribution in [0.2, 0.25) is 0 Å². The van der Waals surface area contributed by atoms with Crippen molar-refractivity contribution in [3.05, 3.63) is 59.2 Å². The summed E-state index contributed by atoms with van der Waals surface area (Å²) in [5.41, 5.74) is 1.47. The minimum atomic E-state index is -0.315. The number of carbonyl (C=O) groups excluding carboxylic acids is 2. The molecular formula is C13H11FN2O2. The van der Waals surface area contributed by atoms with Crippen molar-refractivity contribution in [2.24, 2.45) is 0 Å². The number of H-pyrrole nitrogens is 1. The lowest BCUT2D eigenvalue weighted by Crippen LogP contribution is -2.23. The van der Waals surface area contributed by atoms with Crippen LogP contribution in [0.15, 0.2) is 36.4 Å². The topological polar surface area (TPSA) is 62.0 Å². The van der Waals surface area contributed by atoms with Gasteiger partial charge in [-0.1, -0.05) is 12.1 Å². The van der Waals surface area contributed by atoms with E-state index in [4.69, 9.17) is 0 Å². The highest BCUT2D eigenvalue weighted by molar-refractivity contribution is 5.93. The van der Waals surface area contributed by atoms with E-state index in [1.165, 1.54) is 24.3 Å². The van der Waals surface area contributed by atoms with Crippen molar-refractivity contribution < 1.29 is 14.0 Å². The fraction of sp³-hybridized carbons (Fsp3) is 0.0769.